The SMILES string of the molecule is Cc1nc2cc(NC(=O)CN3CCOC[C@]4(C3)CN(c3ccc(Cl)cc3)C(=O)O4)ccc2n1C. The zero-order valence-corrected chi connectivity index (χ0v) is 19.8. The van der Waals surface area contributed by atoms with Gasteiger partial charge >= 0.3 is 6.09 Å². The number of aromatic nitrogens is 2. The molecule has 178 valence electrons. The topological polar surface area (TPSA) is 88.9 Å². The molecule has 0 radical (unpaired) electrons. The lowest BCUT2D eigenvalue weighted by atomic mass is 10.0. The van der Waals surface area contributed by atoms with Crippen LogP contribution in [0.4, 0.5) is 16.2 Å². The molecule has 9 nitrogen and oxygen atoms in total. The summed E-state index contributed by atoms with van der Waals surface area (Å²) in [5, 5.41) is 3.55. The molecule has 1 aromatic heterocycles. The first-order chi connectivity index (χ1) is 16.3. The molecule has 5 rings (SSSR count). The minimum Gasteiger partial charge on any atom is -0.437 e. The first kappa shape index (κ1) is 22.6. The predicted octanol–water partition coefficient (Wildman–Crippen LogP) is 3.20. The van der Waals surface area contributed by atoms with Gasteiger partial charge in [0.2, 0.25) is 5.91 Å². The second-order valence-corrected chi connectivity index (χ2v) is 9.28. The van der Waals surface area contributed by atoms with Crippen molar-refractivity contribution in [2.24, 2.45) is 7.05 Å². The van der Waals surface area contributed by atoms with Gasteiger partial charge in [-0.1, -0.05) is 11.6 Å². The Hall–Kier alpha value is -3.14. The Morgan fingerprint density at radius 1 is 1.21 bits per heavy atom. The molecular formula is C24H26ClN5O4. The molecule has 2 saturated heterocycles. The number of ether oxygens (including phenoxy) is 2. The number of hydrogen-bond acceptors (Lipinski definition) is 6. The number of fused-ring (bicyclic) bond motifs is 1. The zero-order valence-electron chi connectivity index (χ0n) is 19.1. The van der Waals surface area contributed by atoms with Gasteiger partial charge in [-0.25, -0.2) is 9.78 Å². The van der Waals surface area contributed by atoms with E-state index < -0.39 is 11.7 Å². The number of anilines is 2. The van der Waals surface area contributed by atoms with E-state index in [0.29, 0.717) is 42.6 Å². The van der Waals surface area contributed by atoms with E-state index in [1.807, 2.05) is 41.6 Å². The first-order valence-corrected chi connectivity index (χ1v) is 11.5. The average molecular weight is 484 g/mol. The van der Waals surface area contributed by atoms with Gasteiger partial charge < -0.3 is 19.4 Å². The number of imidazole rings is 1. The summed E-state index contributed by atoms with van der Waals surface area (Å²) in [5.41, 5.74) is 2.39. The highest BCUT2D eigenvalue weighted by Crippen LogP contribution is 2.31. The highest BCUT2D eigenvalue weighted by molar-refractivity contribution is 6.30. The Morgan fingerprint density at radius 2 is 2.00 bits per heavy atom. The van der Waals surface area contributed by atoms with Crippen LogP contribution in [0.1, 0.15) is 5.82 Å². The summed E-state index contributed by atoms with van der Waals surface area (Å²) < 4.78 is 13.6. The summed E-state index contributed by atoms with van der Waals surface area (Å²) in [7, 11) is 1.96. The van der Waals surface area contributed by atoms with Gasteiger partial charge in [-0.2, -0.15) is 0 Å². The number of rotatable bonds is 4. The normalized spacial score (nSPS) is 21.1. The molecule has 2 aliphatic rings. The number of benzene rings is 2. The minimum absolute atomic E-state index is 0.150. The fraction of sp³-hybridized carbons (Fsp3) is 0.375. The van der Waals surface area contributed by atoms with Crippen LogP contribution in [0, 0.1) is 6.92 Å². The van der Waals surface area contributed by atoms with Gasteiger partial charge in [-0.05, 0) is 49.4 Å². The van der Waals surface area contributed by atoms with E-state index in [2.05, 4.69) is 10.3 Å². The summed E-state index contributed by atoms with van der Waals surface area (Å²) in [6.07, 6.45) is -0.434. The van der Waals surface area contributed by atoms with Crippen LogP contribution in [0.2, 0.25) is 5.02 Å². The van der Waals surface area contributed by atoms with Crippen LogP contribution in [-0.2, 0) is 21.3 Å². The van der Waals surface area contributed by atoms with Crippen LogP contribution < -0.4 is 10.2 Å². The van der Waals surface area contributed by atoms with Crippen molar-refractivity contribution in [3.8, 4) is 0 Å². The molecule has 1 spiro atoms. The standard InChI is InChI=1S/C24H26ClN5O4/c1-16-26-20-11-18(5-8-21(20)28(16)2)27-22(31)12-29-9-10-33-15-24(13-29)14-30(23(32)34-24)19-6-3-17(25)4-7-19/h3-8,11H,9-10,12-15H2,1-2H3,(H,27,31)/t24-/m0/s1. The third-order valence-corrected chi connectivity index (χ3v) is 6.54. The highest BCUT2D eigenvalue weighted by atomic mass is 35.5. The van der Waals surface area contributed by atoms with E-state index in [0.717, 1.165) is 16.9 Å². The van der Waals surface area contributed by atoms with Gasteiger partial charge in [0.25, 0.3) is 0 Å². The number of amides is 2. The Labute approximate surface area is 202 Å². The largest absolute Gasteiger partial charge is 0.437 e. The summed E-state index contributed by atoms with van der Waals surface area (Å²) >= 11 is 5.98. The smallest absolute Gasteiger partial charge is 0.415 e. The average Bonchev–Trinajstić information content (AvgIpc) is 3.17. The van der Waals surface area contributed by atoms with Crippen molar-refractivity contribution < 1.29 is 19.1 Å². The molecule has 0 bridgehead atoms. The van der Waals surface area contributed by atoms with Crippen LogP contribution in [0.25, 0.3) is 11.0 Å². The lowest BCUT2D eigenvalue weighted by molar-refractivity contribution is -0.117. The van der Waals surface area contributed by atoms with Crippen LogP contribution in [0.3, 0.4) is 0 Å². The predicted molar refractivity (Wildman–Crippen MR) is 129 cm³/mol. The fourth-order valence-corrected chi connectivity index (χ4v) is 4.65. The molecule has 34 heavy (non-hydrogen) atoms. The van der Waals surface area contributed by atoms with Gasteiger partial charge in [0.1, 0.15) is 5.82 Å². The summed E-state index contributed by atoms with van der Waals surface area (Å²) in [5.74, 6) is 0.759. The maximum atomic E-state index is 12.8. The van der Waals surface area contributed by atoms with E-state index in [1.54, 1.807) is 29.2 Å². The molecular weight excluding hydrogens is 458 g/mol. The van der Waals surface area contributed by atoms with Crippen molar-refractivity contribution in [3.05, 3.63) is 53.3 Å². The molecule has 0 aliphatic carbocycles. The van der Waals surface area contributed by atoms with E-state index in [4.69, 9.17) is 21.1 Å². The van der Waals surface area contributed by atoms with Gasteiger partial charge in [-0.15, -0.1) is 0 Å². The van der Waals surface area contributed by atoms with Crippen molar-refractivity contribution >= 4 is 46.0 Å². The van der Waals surface area contributed by atoms with E-state index in [9.17, 15) is 9.59 Å². The molecule has 0 saturated carbocycles. The molecule has 1 atom stereocenters. The Kier molecular flexibility index (Phi) is 5.93. The molecule has 3 aromatic rings. The Balaban J connectivity index is 1.26. The van der Waals surface area contributed by atoms with Crippen LogP contribution in [0.15, 0.2) is 42.5 Å². The monoisotopic (exact) mass is 483 g/mol. The van der Waals surface area contributed by atoms with Crippen LogP contribution >= 0.6 is 11.6 Å². The van der Waals surface area contributed by atoms with E-state index in [-0.39, 0.29) is 19.1 Å². The number of carbonyl (C=O) groups is 2. The lowest BCUT2D eigenvalue weighted by Crippen LogP contribution is -2.49. The number of nitrogens with zero attached hydrogens (tertiary/aromatic N) is 4. The maximum Gasteiger partial charge on any atom is 0.415 e. The Bertz CT molecular complexity index is 1240. The summed E-state index contributed by atoms with van der Waals surface area (Å²) in [6, 6.07) is 12.7. The first-order valence-electron chi connectivity index (χ1n) is 11.1. The fourth-order valence-electron chi connectivity index (χ4n) is 4.52. The number of nitrogens with one attached hydrogen (secondary N) is 1. The van der Waals surface area contributed by atoms with Crippen molar-refractivity contribution in [2.75, 3.05) is 49.6 Å². The van der Waals surface area contributed by atoms with Crippen LogP contribution in [0.5, 0.6) is 0 Å². The second-order valence-electron chi connectivity index (χ2n) is 8.85. The van der Waals surface area contributed by atoms with Crippen molar-refractivity contribution in [2.45, 2.75) is 12.5 Å². The molecule has 0 unspecified atom stereocenters. The number of carbonyl (C=O) groups excluding carboxylic acids is 2. The Morgan fingerprint density at radius 3 is 2.79 bits per heavy atom. The molecule has 3 heterocycles. The van der Waals surface area contributed by atoms with Crippen molar-refractivity contribution in [1.82, 2.24) is 14.5 Å². The highest BCUT2D eigenvalue weighted by Gasteiger charge is 2.48. The van der Waals surface area contributed by atoms with E-state index in [1.165, 1.54) is 0 Å². The molecule has 10 heteroatoms. The minimum atomic E-state index is -0.849. The molecule has 2 aromatic carbocycles. The third kappa shape index (κ3) is 4.46. The molecule has 2 amide bonds. The van der Waals surface area contributed by atoms with E-state index >= 15 is 0 Å². The van der Waals surface area contributed by atoms with Crippen molar-refractivity contribution in [3.63, 3.8) is 0 Å². The third-order valence-electron chi connectivity index (χ3n) is 6.29. The second kappa shape index (κ2) is 8.90. The van der Waals surface area contributed by atoms with Crippen molar-refractivity contribution in [1.29, 1.82) is 0 Å². The lowest BCUT2D eigenvalue weighted by Gasteiger charge is -2.29. The number of hydrogen-bond donors (Lipinski definition) is 1. The summed E-state index contributed by atoms with van der Waals surface area (Å²) in [6.45, 7) is 4.12. The molecule has 1 N–H and O–H groups in total. The molecule has 2 aliphatic heterocycles. The van der Waals surface area contributed by atoms with Gasteiger partial charge in [0.15, 0.2) is 5.60 Å². The van der Waals surface area contributed by atoms with Gasteiger partial charge in [0, 0.05) is 36.5 Å². The van der Waals surface area contributed by atoms with Gasteiger partial charge in [0.05, 0.1) is 37.3 Å². The van der Waals surface area contributed by atoms with Gasteiger partial charge in [-0.3, -0.25) is 14.6 Å². The number of halogens is 1. The summed E-state index contributed by atoms with van der Waals surface area (Å²) in [4.78, 5) is 33.6. The number of aryl methyl sites for hydroxylation is 2. The maximum absolute atomic E-state index is 12.8. The zero-order chi connectivity index (χ0) is 23.9. The quantitative estimate of drug-likeness (QED) is 0.613. The van der Waals surface area contributed by atoms with Crippen LogP contribution in [-0.4, -0.2) is 71.4 Å². The molecule has 2 fully saturated rings.